The van der Waals surface area contributed by atoms with E-state index in [2.05, 4.69) is 64.7 Å². The quantitative estimate of drug-likeness (QED) is 0.860. The molecule has 0 radical (unpaired) electrons. The number of benzene rings is 1. The molecule has 0 heterocycles. The Morgan fingerprint density at radius 2 is 1.80 bits per heavy atom. The molecule has 0 amide bonds. The molecule has 0 aliphatic heterocycles. The van der Waals surface area contributed by atoms with Gasteiger partial charge in [0.25, 0.3) is 0 Å². The van der Waals surface area contributed by atoms with Crippen molar-refractivity contribution in [2.45, 2.75) is 25.9 Å². The van der Waals surface area contributed by atoms with Crippen molar-refractivity contribution in [2.24, 2.45) is 0 Å². The highest BCUT2D eigenvalue weighted by Crippen LogP contribution is 2.11. The zero-order valence-corrected chi connectivity index (χ0v) is 11.2. The topological polar surface area (TPSA) is 24.1 Å². The molecule has 1 rings (SSSR count). The minimum atomic E-state index is 0.127. The third-order valence-electron chi connectivity index (χ3n) is 2.30. The van der Waals surface area contributed by atoms with Crippen LogP contribution in [0.4, 0.5) is 0 Å². The predicted octanol–water partition coefficient (Wildman–Crippen LogP) is 2.54. The van der Waals surface area contributed by atoms with Crippen LogP contribution in [0.3, 0.4) is 0 Å². The van der Waals surface area contributed by atoms with Gasteiger partial charge < -0.3 is 10.6 Å². The van der Waals surface area contributed by atoms with E-state index in [-0.39, 0.29) is 5.54 Å². The molecule has 0 spiro atoms. The predicted molar refractivity (Wildman–Crippen MR) is 69.0 cm³/mol. The van der Waals surface area contributed by atoms with Crippen LogP contribution in [0.1, 0.15) is 19.4 Å². The van der Waals surface area contributed by atoms with E-state index >= 15 is 0 Å². The zero-order chi connectivity index (χ0) is 11.3. The molecule has 0 atom stereocenters. The molecule has 2 N–H and O–H groups in total. The standard InChI is InChI=1S/C12H19BrN2/c1-12(2,9-14-3)15-8-10-4-6-11(13)7-5-10/h4-7,14-15H,8-9H2,1-3H3. The van der Waals surface area contributed by atoms with Crippen LogP contribution in [0.25, 0.3) is 0 Å². The largest absolute Gasteiger partial charge is 0.318 e. The smallest absolute Gasteiger partial charge is 0.0252 e. The van der Waals surface area contributed by atoms with Crippen molar-refractivity contribution in [3.63, 3.8) is 0 Å². The fourth-order valence-corrected chi connectivity index (χ4v) is 1.71. The van der Waals surface area contributed by atoms with Crippen LogP contribution in [-0.2, 0) is 6.54 Å². The van der Waals surface area contributed by atoms with E-state index in [1.165, 1.54) is 5.56 Å². The van der Waals surface area contributed by atoms with Gasteiger partial charge in [-0.3, -0.25) is 0 Å². The van der Waals surface area contributed by atoms with Crippen molar-refractivity contribution in [3.8, 4) is 0 Å². The Balaban J connectivity index is 2.46. The highest BCUT2D eigenvalue weighted by molar-refractivity contribution is 9.10. The molecule has 0 saturated carbocycles. The molecule has 2 nitrogen and oxygen atoms in total. The lowest BCUT2D eigenvalue weighted by Crippen LogP contribution is -2.46. The summed E-state index contributed by atoms with van der Waals surface area (Å²) in [5, 5.41) is 6.70. The third-order valence-corrected chi connectivity index (χ3v) is 2.83. The lowest BCUT2D eigenvalue weighted by atomic mass is 10.1. The summed E-state index contributed by atoms with van der Waals surface area (Å²) in [6, 6.07) is 8.41. The van der Waals surface area contributed by atoms with E-state index in [1.54, 1.807) is 0 Å². The summed E-state index contributed by atoms with van der Waals surface area (Å²) in [6.45, 7) is 6.26. The van der Waals surface area contributed by atoms with Gasteiger partial charge in [0, 0.05) is 23.1 Å². The van der Waals surface area contributed by atoms with Crippen molar-refractivity contribution in [1.82, 2.24) is 10.6 Å². The Bertz CT molecular complexity index is 293. The van der Waals surface area contributed by atoms with Gasteiger partial charge in [-0.15, -0.1) is 0 Å². The normalized spacial score (nSPS) is 11.7. The Hall–Kier alpha value is -0.380. The average molecular weight is 271 g/mol. The molecule has 0 aromatic heterocycles. The maximum absolute atomic E-state index is 3.52. The first-order valence-corrected chi connectivity index (χ1v) is 5.97. The molecular formula is C12H19BrN2. The average Bonchev–Trinajstić information content (AvgIpc) is 2.17. The molecule has 15 heavy (non-hydrogen) atoms. The van der Waals surface area contributed by atoms with Crippen LogP contribution in [0, 0.1) is 0 Å². The van der Waals surface area contributed by atoms with Crippen LogP contribution in [0.2, 0.25) is 0 Å². The van der Waals surface area contributed by atoms with Crippen LogP contribution < -0.4 is 10.6 Å². The SMILES string of the molecule is CNCC(C)(C)NCc1ccc(Br)cc1. The number of halogens is 1. The van der Waals surface area contributed by atoms with Crippen molar-refractivity contribution in [3.05, 3.63) is 34.3 Å². The number of nitrogens with one attached hydrogen (secondary N) is 2. The lowest BCUT2D eigenvalue weighted by Gasteiger charge is -2.26. The van der Waals surface area contributed by atoms with Gasteiger partial charge >= 0.3 is 0 Å². The summed E-state index contributed by atoms with van der Waals surface area (Å²) in [4.78, 5) is 0. The number of likely N-dealkylation sites (N-methyl/N-ethyl adjacent to an activating group) is 1. The molecule has 0 aliphatic carbocycles. The molecular weight excluding hydrogens is 252 g/mol. The highest BCUT2D eigenvalue weighted by atomic mass is 79.9. The van der Waals surface area contributed by atoms with Crippen molar-refractivity contribution in [1.29, 1.82) is 0 Å². The van der Waals surface area contributed by atoms with Crippen molar-refractivity contribution >= 4 is 15.9 Å². The van der Waals surface area contributed by atoms with Gasteiger partial charge in [-0.1, -0.05) is 28.1 Å². The van der Waals surface area contributed by atoms with Gasteiger partial charge in [0.1, 0.15) is 0 Å². The monoisotopic (exact) mass is 270 g/mol. The second kappa shape index (κ2) is 5.64. The molecule has 0 bridgehead atoms. The van der Waals surface area contributed by atoms with E-state index in [0.717, 1.165) is 17.6 Å². The molecule has 0 aliphatic rings. The first-order valence-electron chi connectivity index (χ1n) is 5.17. The maximum atomic E-state index is 3.52. The molecule has 84 valence electrons. The van der Waals surface area contributed by atoms with Crippen LogP contribution in [0.15, 0.2) is 28.7 Å². The first-order chi connectivity index (χ1) is 7.03. The third kappa shape index (κ3) is 4.78. The Labute approximate surface area is 101 Å². The summed E-state index contributed by atoms with van der Waals surface area (Å²) in [5.41, 5.74) is 1.43. The van der Waals surface area contributed by atoms with Crippen molar-refractivity contribution < 1.29 is 0 Å². The Kier molecular flexibility index (Phi) is 4.77. The summed E-state index contributed by atoms with van der Waals surface area (Å²) >= 11 is 3.43. The van der Waals surface area contributed by atoms with Gasteiger partial charge in [-0.05, 0) is 38.6 Å². The van der Waals surface area contributed by atoms with Crippen LogP contribution in [-0.4, -0.2) is 19.1 Å². The van der Waals surface area contributed by atoms with Crippen LogP contribution in [0.5, 0.6) is 0 Å². The molecule has 1 aromatic carbocycles. The molecule has 0 fully saturated rings. The van der Waals surface area contributed by atoms with Crippen LogP contribution >= 0.6 is 15.9 Å². The number of hydrogen-bond donors (Lipinski definition) is 2. The van der Waals surface area contributed by atoms with E-state index in [4.69, 9.17) is 0 Å². The van der Waals surface area contributed by atoms with E-state index in [9.17, 15) is 0 Å². The summed E-state index contributed by atoms with van der Waals surface area (Å²) in [6.07, 6.45) is 0. The second-order valence-electron chi connectivity index (χ2n) is 4.39. The van der Waals surface area contributed by atoms with Gasteiger partial charge in [0.05, 0.1) is 0 Å². The Morgan fingerprint density at radius 3 is 2.33 bits per heavy atom. The summed E-state index contributed by atoms with van der Waals surface area (Å²) in [7, 11) is 1.98. The fourth-order valence-electron chi connectivity index (χ4n) is 1.45. The van der Waals surface area contributed by atoms with Gasteiger partial charge in [-0.25, -0.2) is 0 Å². The minimum Gasteiger partial charge on any atom is -0.318 e. The van der Waals surface area contributed by atoms with E-state index in [1.807, 2.05) is 7.05 Å². The lowest BCUT2D eigenvalue weighted by molar-refractivity contribution is 0.374. The molecule has 0 unspecified atom stereocenters. The number of rotatable bonds is 5. The maximum Gasteiger partial charge on any atom is 0.0252 e. The summed E-state index contributed by atoms with van der Waals surface area (Å²) < 4.78 is 1.13. The van der Waals surface area contributed by atoms with Crippen molar-refractivity contribution in [2.75, 3.05) is 13.6 Å². The molecule has 0 saturated heterocycles. The molecule has 3 heteroatoms. The van der Waals surface area contributed by atoms with E-state index < -0.39 is 0 Å². The number of hydrogen-bond acceptors (Lipinski definition) is 2. The second-order valence-corrected chi connectivity index (χ2v) is 5.31. The van der Waals surface area contributed by atoms with Gasteiger partial charge in [0.15, 0.2) is 0 Å². The van der Waals surface area contributed by atoms with E-state index in [0.29, 0.717) is 0 Å². The molecule has 1 aromatic rings. The fraction of sp³-hybridized carbons (Fsp3) is 0.500. The first kappa shape index (κ1) is 12.7. The zero-order valence-electron chi connectivity index (χ0n) is 9.60. The van der Waals surface area contributed by atoms with Gasteiger partial charge in [-0.2, -0.15) is 0 Å². The Morgan fingerprint density at radius 1 is 1.20 bits per heavy atom. The minimum absolute atomic E-state index is 0.127. The highest BCUT2D eigenvalue weighted by Gasteiger charge is 2.14. The summed E-state index contributed by atoms with van der Waals surface area (Å²) in [5.74, 6) is 0. The van der Waals surface area contributed by atoms with Gasteiger partial charge in [0.2, 0.25) is 0 Å².